The quantitative estimate of drug-likeness (QED) is 0.727. The fourth-order valence-electron chi connectivity index (χ4n) is 1.98. The van der Waals surface area contributed by atoms with Crippen molar-refractivity contribution in [3.63, 3.8) is 0 Å². The van der Waals surface area contributed by atoms with Crippen molar-refractivity contribution in [2.75, 3.05) is 12.4 Å². The molecule has 4 nitrogen and oxygen atoms in total. The molecule has 1 unspecified atom stereocenters. The highest BCUT2D eigenvalue weighted by atomic mass is 35.5. The average molecular weight is 229 g/mol. The Bertz CT molecular complexity index is 364. The maximum absolute atomic E-state index is 11.5. The molecule has 0 aliphatic carbocycles. The SMILES string of the molecule is Cc1cc(C2CCCN2C(=O)CCl)on1. The van der Waals surface area contributed by atoms with Crippen LogP contribution in [0.2, 0.25) is 0 Å². The van der Waals surface area contributed by atoms with Crippen molar-refractivity contribution in [3.8, 4) is 0 Å². The van der Waals surface area contributed by atoms with Gasteiger partial charge in [-0.3, -0.25) is 4.79 Å². The number of aromatic nitrogens is 1. The molecule has 0 bridgehead atoms. The number of hydrogen-bond acceptors (Lipinski definition) is 3. The van der Waals surface area contributed by atoms with Crippen molar-refractivity contribution in [2.45, 2.75) is 25.8 Å². The molecule has 1 aliphatic rings. The fourth-order valence-corrected chi connectivity index (χ4v) is 2.13. The number of carbonyl (C=O) groups excluding carboxylic acids is 1. The Morgan fingerprint density at radius 3 is 3.20 bits per heavy atom. The second-order valence-corrected chi connectivity index (χ2v) is 4.02. The second-order valence-electron chi connectivity index (χ2n) is 3.75. The van der Waals surface area contributed by atoms with Gasteiger partial charge in [-0.25, -0.2) is 0 Å². The third-order valence-electron chi connectivity index (χ3n) is 2.66. The molecule has 0 radical (unpaired) electrons. The lowest BCUT2D eigenvalue weighted by atomic mass is 10.1. The molecule has 1 amide bonds. The van der Waals surface area contributed by atoms with Crippen molar-refractivity contribution in [1.29, 1.82) is 0 Å². The molecule has 0 spiro atoms. The summed E-state index contributed by atoms with van der Waals surface area (Å²) in [7, 11) is 0. The normalized spacial score (nSPS) is 20.9. The Balaban J connectivity index is 2.18. The molecule has 15 heavy (non-hydrogen) atoms. The first-order chi connectivity index (χ1) is 7.22. The van der Waals surface area contributed by atoms with Gasteiger partial charge in [0.15, 0.2) is 5.76 Å². The molecule has 1 aromatic heterocycles. The summed E-state index contributed by atoms with van der Waals surface area (Å²) in [6, 6.07) is 1.90. The maximum atomic E-state index is 11.5. The van der Waals surface area contributed by atoms with Crippen molar-refractivity contribution in [2.24, 2.45) is 0 Å². The van der Waals surface area contributed by atoms with Gasteiger partial charge >= 0.3 is 0 Å². The first kappa shape index (κ1) is 10.5. The van der Waals surface area contributed by atoms with Gasteiger partial charge in [-0.05, 0) is 19.8 Å². The van der Waals surface area contributed by atoms with Gasteiger partial charge in [0.25, 0.3) is 0 Å². The van der Waals surface area contributed by atoms with Crippen LogP contribution in [0.1, 0.15) is 30.3 Å². The van der Waals surface area contributed by atoms with Gasteiger partial charge in [0.1, 0.15) is 5.88 Å². The second kappa shape index (κ2) is 4.23. The number of nitrogens with zero attached hydrogens (tertiary/aromatic N) is 2. The van der Waals surface area contributed by atoms with Crippen LogP contribution in [0.4, 0.5) is 0 Å². The average Bonchev–Trinajstić information content (AvgIpc) is 2.84. The van der Waals surface area contributed by atoms with Gasteiger partial charge in [0.2, 0.25) is 5.91 Å². The Hall–Kier alpha value is -1.03. The first-order valence-corrected chi connectivity index (χ1v) is 5.54. The van der Waals surface area contributed by atoms with Gasteiger partial charge in [0, 0.05) is 12.6 Å². The smallest absolute Gasteiger partial charge is 0.238 e. The molecule has 1 saturated heterocycles. The van der Waals surface area contributed by atoms with Gasteiger partial charge in [0.05, 0.1) is 11.7 Å². The highest BCUT2D eigenvalue weighted by Crippen LogP contribution is 2.32. The summed E-state index contributed by atoms with van der Waals surface area (Å²) >= 11 is 5.55. The molecule has 2 rings (SSSR count). The Morgan fingerprint density at radius 1 is 1.80 bits per heavy atom. The highest BCUT2D eigenvalue weighted by Gasteiger charge is 2.31. The van der Waals surface area contributed by atoms with Gasteiger partial charge < -0.3 is 9.42 Å². The topological polar surface area (TPSA) is 46.3 Å². The Labute approximate surface area is 93.2 Å². The molecule has 2 heterocycles. The number of aryl methyl sites for hydroxylation is 1. The zero-order chi connectivity index (χ0) is 10.8. The van der Waals surface area contributed by atoms with E-state index in [1.807, 2.05) is 13.0 Å². The molecule has 1 atom stereocenters. The molecular weight excluding hydrogens is 216 g/mol. The van der Waals surface area contributed by atoms with Crippen molar-refractivity contribution in [1.82, 2.24) is 10.1 Å². The van der Waals surface area contributed by atoms with E-state index >= 15 is 0 Å². The lowest BCUT2D eigenvalue weighted by Crippen LogP contribution is -2.31. The Morgan fingerprint density at radius 2 is 2.60 bits per heavy atom. The van der Waals surface area contributed by atoms with Gasteiger partial charge in [-0.15, -0.1) is 11.6 Å². The van der Waals surface area contributed by atoms with E-state index in [0.717, 1.165) is 30.8 Å². The van der Waals surface area contributed by atoms with Crippen LogP contribution in [0.3, 0.4) is 0 Å². The summed E-state index contributed by atoms with van der Waals surface area (Å²) in [5.74, 6) is 0.764. The maximum Gasteiger partial charge on any atom is 0.238 e. The van der Waals surface area contributed by atoms with Crippen LogP contribution in [-0.2, 0) is 4.79 Å². The van der Waals surface area contributed by atoms with Crippen LogP contribution in [0.25, 0.3) is 0 Å². The summed E-state index contributed by atoms with van der Waals surface area (Å²) in [5, 5.41) is 3.83. The lowest BCUT2D eigenvalue weighted by molar-refractivity contribution is -0.129. The fraction of sp³-hybridized carbons (Fsp3) is 0.600. The van der Waals surface area contributed by atoms with E-state index in [1.165, 1.54) is 0 Å². The zero-order valence-corrected chi connectivity index (χ0v) is 9.33. The lowest BCUT2D eigenvalue weighted by Gasteiger charge is -2.21. The molecule has 5 heteroatoms. The molecule has 82 valence electrons. The van der Waals surface area contributed by atoms with E-state index in [1.54, 1.807) is 4.90 Å². The summed E-state index contributed by atoms with van der Waals surface area (Å²) in [5.41, 5.74) is 0.843. The van der Waals surface area contributed by atoms with Crippen molar-refractivity contribution in [3.05, 3.63) is 17.5 Å². The molecule has 1 fully saturated rings. The van der Waals surface area contributed by atoms with Gasteiger partial charge in [-0.2, -0.15) is 0 Å². The summed E-state index contributed by atoms with van der Waals surface area (Å²) in [6.45, 7) is 2.63. The first-order valence-electron chi connectivity index (χ1n) is 5.01. The largest absolute Gasteiger partial charge is 0.359 e. The predicted octanol–water partition coefficient (Wildman–Crippen LogP) is 1.89. The standard InChI is InChI=1S/C10H13ClN2O2/c1-7-5-9(15-12-7)8-3-2-4-13(8)10(14)6-11/h5,8H,2-4,6H2,1H3. The van der Waals surface area contributed by atoms with Gasteiger partial charge in [-0.1, -0.05) is 5.16 Å². The number of alkyl halides is 1. The number of hydrogen-bond donors (Lipinski definition) is 0. The van der Waals surface area contributed by atoms with Crippen LogP contribution in [0.5, 0.6) is 0 Å². The van der Waals surface area contributed by atoms with Crippen LogP contribution < -0.4 is 0 Å². The zero-order valence-electron chi connectivity index (χ0n) is 8.57. The molecule has 0 N–H and O–H groups in total. The number of carbonyl (C=O) groups is 1. The summed E-state index contributed by atoms with van der Waals surface area (Å²) < 4.78 is 5.19. The van der Waals surface area contributed by atoms with E-state index in [4.69, 9.17) is 16.1 Å². The third-order valence-corrected chi connectivity index (χ3v) is 2.89. The number of amides is 1. The predicted molar refractivity (Wildman–Crippen MR) is 55.6 cm³/mol. The summed E-state index contributed by atoms with van der Waals surface area (Å²) in [6.07, 6.45) is 1.92. The molecule has 1 aromatic rings. The highest BCUT2D eigenvalue weighted by molar-refractivity contribution is 6.27. The minimum absolute atomic E-state index is 0.0254. The van der Waals surface area contributed by atoms with E-state index in [2.05, 4.69) is 5.16 Å². The number of likely N-dealkylation sites (tertiary alicyclic amines) is 1. The summed E-state index contributed by atoms with van der Waals surface area (Å²) in [4.78, 5) is 13.3. The third kappa shape index (κ3) is 2.00. The minimum atomic E-state index is -0.0341. The monoisotopic (exact) mass is 228 g/mol. The van der Waals surface area contributed by atoms with E-state index < -0.39 is 0 Å². The van der Waals surface area contributed by atoms with Crippen molar-refractivity contribution >= 4 is 17.5 Å². The van der Waals surface area contributed by atoms with E-state index in [9.17, 15) is 4.79 Å². The van der Waals surface area contributed by atoms with E-state index in [-0.39, 0.29) is 17.8 Å². The van der Waals surface area contributed by atoms with Crippen LogP contribution in [0, 0.1) is 6.92 Å². The minimum Gasteiger partial charge on any atom is -0.359 e. The molecule has 0 saturated carbocycles. The van der Waals surface area contributed by atoms with Crippen molar-refractivity contribution < 1.29 is 9.32 Å². The molecule has 0 aromatic carbocycles. The number of halogens is 1. The number of rotatable bonds is 2. The molecule has 1 aliphatic heterocycles. The Kier molecular flexibility index (Phi) is 2.95. The van der Waals surface area contributed by atoms with Crippen LogP contribution in [0.15, 0.2) is 10.6 Å². The van der Waals surface area contributed by atoms with Crippen LogP contribution in [-0.4, -0.2) is 28.4 Å². The molecular formula is C10H13ClN2O2. The van der Waals surface area contributed by atoms with E-state index in [0.29, 0.717) is 0 Å². The van der Waals surface area contributed by atoms with Crippen LogP contribution >= 0.6 is 11.6 Å².